The smallest absolute Gasteiger partial charge is 0.228 e. The molecule has 0 aromatic carbocycles. The van der Waals surface area contributed by atoms with Gasteiger partial charge in [0, 0.05) is 38.8 Å². The fraction of sp³-hybridized carbons (Fsp3) is 0.933. The number of likely N-dealkylation sites (tertiary alicyclic amines) is 1. The molecule has 20 heavy (non-hydrogen) atoms. The van der Waals surface area contributed by atoms with Crippen LogP contribution in [0.3, 0.4) is 0 Å². The van der Waals surface area contributed by atoms with Gasteiger partial charge in [0.1, 0.15) is 0 Å². The van der Waals surface area contributed by atoms with Gasteiger partial charge >= 0.3 is 0 Å². The van der Waals surface area contributed by atoms with Crippen molar-refractivity contribution in [2.45, 2.75) is 32.4 Å². The Morgan fingerprint density at radius 1 is 1.30 bits per heavy atom. The van der Waals surface area contributed by atoms with Crippen LogP contribution in [0.25, 0.3) is 0 Å². The third-order valence-corrected chi connectivity index (χ3v) is 4.83. The zero-order valence-corrected chi connectivity index (χ0v) is 12.6. The Kier molecular flexibility index (Phi) is 4.29. The molecule has 0 unspecified atom stereocenters. The Bertz CT molecular complexity index is 357. The maximum absolute atomic E-state index is 12.5. The molecule has 1 amide bonds. The molecule has 0 aromatic rings. The van der Waals surface area contributed by atoms with E-state index in [-0.39, 0.29) is 12.0 Å². The monoisotopic (exact) mass is 282 g/mol. The Balaban J connectivity index is 1.53. The number of amides is 1. The molecule has 2 aliphatic heterocycles. The molecule has 3 aliphatic rings. The van der Waals surface area contributed by atoms with Crippen LogP contribution in [-0.4, -0.2) is 73.9 Å². The standard InChI is InChI=1S/C15H26N2O3/c1-3-20-14-8-12(14)15(18)17-9-11(2)13(10-17)16-4-6-19-7-5-16/h11-14H,3-10H2,1-2H3/t11-,12+,13-,14-/m1/s1. The number of hydrogen-bond acceptors (Lipinski definition) is 4. The Hall–Kier alpha value is -0.650. The van der Waals surface area contributed by atoms with Crippen LogP contribution in [-0.2, 0) is 14.3 Å². The number of hydrogen-bond donors (Lipinski definition) is 0. The van der Waals surface area contributed by atoms with Gasteiger partial charge in [-0.3, -0.25) is 9.69 Å². The van der Waals surface area contributed by atoms with Crippen LogP contribution in [0.2, 0.25) is 0 Å². The number of carbonyl (C=O) groups excluding carboxylic acids is 1. The fourth-order valence-corrected chi connectivity index (χ4v) is 3.58. The average molecular weight is 282 g/mol. The third kappa shape index (κ3) is 2.85. The molecule has 5 heteroatoms. The van der Waals surface area contributed by atoms with Gasteiger partial charge < -0.3 is 14.4 Å². The van der Waals surface area contributed by atoms with Crippen molar-refractivity contribution in [1.82, 2.24) is 9.80 Å². The molecule has 114 valence electrons. The summed E-state index contributed by atoms with van der Waals surface area (Å²) in [7, 11) is 0. The van der Waals surface area contributed by atoms with Crippen LogP contribution < -0.4 is 0 Å². The zero-order chi connectivity index (χ0) is 14.1. The number of morpholine rings is 1. The molecule has 2 saturated heterocycles. The molecule has 0 spiro atoms. The lowest BCUT2D eigenvalue weighted by atomic mass is 10.0. The number of carbonyl (C=O) groups is 1. The molecular weight excluding hydrogens is 256 g/mol. The van der Waals surface area contributed by atoms with Gasteiger partial charge in [-0.15, -0.1) is 0 Å². The second-order valence-corrected chi connectivity index (χ2v) is 6.27. The van der Waals surface area contributed by atoms with E-state index in [2.05, 4.69) is 16.7 Å². The molecule has 1 saturated carbocycles. The predicted octanol–water partition coefficient (Wildman–Crippen LogP) is 0.591. The highest BCUT2D eigenvalue weighted by molar-refractivity contribution is 5.82. The summed E-state index contributed by atoms with van der Waals surface area (Å²) in [6.45, 7) is 10.4. The van der Waals surface area contributed by atoms with Crippen molar-refractivity contribution < 1.29 is 14.3 Å². The van der Waals surface area contributed by atoms with E-state index >= 15 is 0 Å². The SMILES string of the molecule is CCO[C@@H]1C[C@@H]1C(=O)N1C[C@@H](C)[C@H](N2CCOCC2)C1. The first-order chi connectivity index (χ1) is 9.70. The van der Waals surface area contributed by atoms with Crippen LogP contribution in [0.5, 0.6) is 0 Å². The first kappa shape index (κ1) is 14.3. The van der Waals surface area contributed by atoms with Crippen LogP contribution in [0.1, 0.15) is 20.3 Å². The molecule has 0 bridgehead atoms. The van der Waals surface area contributed by atoms with Crippen molar-refractivity contribution in [2.75, 3.05) is 46.0 Å². The highest BCUT2D eigenvalue weighted by Crippen LogP contribution is 2.37. The summed E-state index contributed by atoms with van der Waals surface area (Å²) in [6.07, 6.45) is 1.10. The Morgan fingerprint density at radius 2 is 2.05 bits per heavy atom. The lowest BCUT2D eigenvalue weighted by molar-refractivity contribution is -0.132. The first-order valence-corrected chi connectivity index (χ1v) is 7.93. The predicted molar refractivity (Wildman–Crippen MR) is 75.4 cm³/mol. The Labute approximate surface area is 121 Å². The van der Waals surface area contributed by atoms with E-state index in [0.29, 0.717) is 24.5 Å². The van der Waals surface area contributed by atoms with Gasteiger partial charge in [0.15, 0.2) is 0 Å². The Morgan fingerprint density at radius 3 is 2.75 bits per heavy atom. The zero-order valence-electron chi connectivity index (χ0n) is 12.6. The first-order valence-electron chi connectivity index (χ1n) is 7.93. The van der Waals surface area contributed by atoms with Crippen molar-refractivity contribution in [3.63, 3.8) is 0 Å². The summed E-state index contributed by atoms with van der Waals surface area (Å²) in [5, 5.41) is 0. The molecule has 5 nitrogen and oxygen atoms in total. The second kappa shape index (κ2) is 6.00. The number of rotatable bonds is 4. The lowest BCUT2D eigenvalue weighted by Crippen LogP contribution is -2.47. The van der Waals surface area contributed by atoms with E-state index in [0.717, 1.165) is 45.8 Å². The van der Waals surface area contributed by atoms with E-state index < -0.39 is 0 Å². The summed E-state index contributed by atoms with van der Waals surface area (Å²) in [5.41, 5.74) is 0. The van der Waals surface area contributed by atoms with Crippen molar-refractivity contribution in [1.29, 1.82) is 0 Å². The van der Waals surface area contributed by atoms with E-state index in [4.69, 9.17) is 9.47 Å². The topological polar surface area (TPSA) is 42.0 Å². The van der Waals surface area contributed by atoms with Crippen molar-refractivity contribution in [3.8, 4) is 0 Å². The molecule has 0 radical (unpaired) electrons. The number of nitrogens with zero attached hydrogens (tertiary/aromatic N) is 2. The van der Waals surface area contributed by atoms with Crippen molar-refractivity contribution in [3.05, 3.63) is 0 Å². The highest BCUT2D eigenvalue weighted by Gasteiger charge is 2.48. The minimum Gasteiger partial charge on any atom is -0.379 e. The van der Waals surface area contributed by atoms with Gasteiger partial charge in [-0.05, 0) is 19.3 Å². The highest BCUT2D eigenvalue weighted by atomic mass is 16.5. The molecule has 0 N–H and O–H groups in total. The van der Waals surface area contributed by atoms with E-state index in [9.17, 15) is 4.79 Å². The molecule has 3 fully saturated rings. The average Bonchev–Trinajstić information content (AvgIpc) is 3.12. The normalized spacial score (nSPS) is 38.2. The third-order valence-electron chi connectivity index (χ3n) is 4.83. The maximum Gasteiger partial charge on any atom is 0.228 e. The summed E-state index contributed by atoms with van der Waals surface area (Å²) in [4.78, 5) is 17.0. The fourth-order valence-electron chi connectivity index (χ4n) is 3.58. The van der Waals surface area contributed by atoms with Gasteiger partial charge in [0.25, 0.3) is 0 Å². The van der Waals surface area contributed by atoms with Crippen molar-refractivity contribution in [2.24, 2.45) is 11.8 Å². The van der Waals surface area contributed by atoms with Crippen molar-refractivity contribution >= 4 is 5.91 Å². The number of ether oxygens (including phenoxy) is 2. The largest absolute Gasteiger partial charge is 0.379 e. The summed E-state index contributed by atoms with van der Waals surface area (Å²) >= 11 is 0. The second-order valence-electron chi connectivity index (χ2n) is 6.27. The molecule has 2 heterocycles. The van der Waals surface area contributed by atoms with Gasteiger partial charge in [0.05, 0.1) is 25.2 Å². The van der Waals surface area contributed by atoms with Crippen LogP contribution in [0.15, 0.2) is 0 Å². The van der Waals surface area contributed by atoms with Gasteiger partial charge in [0.2, 0.25) is 5.91 Å². The van der Waals surface area contributed by atoms with E-state index in [1.165, 1.54) is 0 Å². The minimum absolute atomic E-state index is 0.130. The molecule has 3 rings (SSSR count). The molecule has 0 aromatic heterocycles. The van der Waals surface area contributed by atoms with Gasteiger partial charge in [-0.1, -0.05) is 6.92 Å². The van der Waals surface area contributed by atoms with Crippen LogP contribution in [0, 0.1) is 11.8 Å². The van der Waals surface area contributed by atoms with Crippen LogP contribution >= 0.6 is 0 Å². The summed E-state index contributed by atoms with van der Waals surface area (Å²) < 4.78 is 11.0. The van der Waals surface area contributed by atoms with Gasteiger partial charge in [-0.2, -0.15) is 0 Å². The molecule has 1 aliphatic carbocycles. The quantitative estimate of drug-likeness (QED) is 0.757. The van der Waals surface area contributed by atoms with Crippen LogP contribution in [0.4, 0.5) is 0 Å². The minimum atomic E-state index is 0.130. The summed E-state index contributed by atoms with van der Waals surface area (Å²) in [5.74, 6) is 0.998. The molecule has 4 atom stereocenters. The van der Waals surface area contributed by atoms with E-state index in [1.807, 2.05) is 6.92 Å². The van der Waals surface area contributed by atoms with E-state index in [1.54, 1.807) is 0 Å². The molecular formula is C15H26N2O3. The summed E-state index contributed by atoms with van der Waals surface area (Å²) in [6, 6.07) is 0.507. The van der Waals surface area contributed by atoms with Gasteiger partial charge in [-0.25, -0.2) is 0 Å². The lowest BCUT2D eigenvalue weighted by Gasteiger charge is -2.34. The maximum atomic E-state index is 12.5.